The standard InChI is InChI=1S/C14H16OS/c1-3-10-15-13-7-5-4-6-12(13)14-9-8-11(2)16-14/h4-9H,3,10H2,1-2H3. The maximum Gasteiger partial charge on any atom is 0.127 e. The fourth-order valence-electron chi connectivity index (χ4n) is 1.59. The third-order valence-corrected chi connectivity index (χ3v) is 3.39. The van der Waals surface area contributed by atoms with E-state index in [1.165, 1.54) is 15.3 Å². The van der Waals surface area contributed by atoms with Gasteiger partial charge in [0.1, 0.15) is 5.75 Å². The molecule has 0 radical (unpaired) electrons. The van der Waals surface area contributed by atoms with E-state index >= 15 is 0 Å². The number of hydrogen-bond acceptors (Lipinski definition) is 2. The molecule has 0 aliphatic carbocycles. The van der Waals surface area contributed by atoms with Gasteiger partial charge < -0.3 is 4.74 Å². The summed E-state index contributed by atoms with van der Waals surface area (Å²) in [5.74, 6) is 0.992. The lowest BCUT2D eigenvalue weighted by Gasteiger charge is -2.09. The van der Waals surface area contributed by atoms with Crippen LogP contribution in [0, 0.1) is 6.92 Å². The second-order valence-electron chi connectivity index (χ2n) is 3.75. The van der Waals surface area contributed by atoms with E-state index in [4.69, 9.17) is 4.74 Å². The Morgan fingerprint density at radius 1 is 1.12 bits per heavy atom. The average molecular weight is 232 g/mol. The van der Waals surface area contributed by atoms with Crippen molar-refractivity contribution in [1.29, 1.82) is 0 Å². The predicted molar refractivity (Wildman–Crippen MR) is 70.3 cm³/mol. The van der Waals surface area contributed by atoms with Crippen LogP contribution in [0.3, 0.4) is 0 Å². The maximum absolute atomic E-state index is 5.76. The molecule has 0 aliphatic heterocycles. The van der Waals surface area contributed by atoms with E-state index in [1.807, 2.05) is 23.5 Å². The van der Waals surface area contributed by atoms with Crippen LogP contribution >= 0.6 is 11.3 Å². The molecule has 0 amide bonds. The zero-order valence-electron chi connectivity index (χ0n) is 9.69. The van der Waals surface area contributed by atoms with Gasteiger partial charge in [-0.3, -0.25) is 0 Å². The first-order valence-corrected chi connectivity index (χ1v) is 6.41. The van der Waals surface area contributed by atoms with Gasteiger partial charge in [-0.1, -0.05) is 19.1 Å². The van der Waals surface area contributed by atoms with Crippen molar-refractivity contribution in [3.8, 4) is 16.2 Å². The topological polar surface area (TPSA) is 9.23 Å². The van der Waals surface area contributed by atoms with Crippen LogP contribution in [0.2, 0.25) is 0 Å². The SMILES string of the molecule is CCCOc1ccccc1-c1ccc(C)s1. The fraction of sp³-hybridized carbons (Fsp3) is 0.286. The largest absolute Gasteiger partial charge is 0.493 e. The molecule has 1 heterocycles. The Labute approximate surface area is 101 Å². The molecule has 1 aromatic carbocycles. The molecule has 0 bridgehead atoms. The maximum atomic E-state index is 5.76. The molecular weight excluding hydrogens is 216 g/mol. The highest BCUT2D eigenvalue weighted by Gasteiger charge is 2.06. The van der Waals surface area contributed by atoms with Crippen LogP contribution in [0.15, 0.2) is 36.4 Å². The summed E-state index contributed by atoms with van der Waals surface area (Å²) in [4.78, 5) is 2.62. The highest BCUT2D eigenvalue weighted by Crippen LogP contribution is 2.34. The van der Waals surface area contributed by atoms with Crippen LogP contribution in [0.1, 0.15) is 18.2 Å². The lowest BCUT2D eigenvalue weighted by molar-refractivity contribution is 0.319. The number of hydrogen-bond donors (Lipinski definition) is 0. The van der Waals surface area contributed by atoms with Crippen molar-refractivity contribution in [3.05, 3.63) is 41.3 Å². The Hall–Kier alpha value is -1.28. The Kier molecular flexibility index (Phi) is 3.62. The zero-order chi connectivity index (χ0) is 11.4. The van der Waals surface area contributed by atoms with Crippen LogP contribution in [-0.2, 0) is 0 Å². The van der Waals surface area contributed by atoms with E-state index in [-0.39, 0.29) is 0 Å². The molecule has 0 saturated heterocycles. The monoisotopic (exact) mass is 232 g/mol. The van der Waals surface area contributed by atoms with Gasteiger partial charge >= 0.3 is 0 Å². The molecule has 16 heavy (non-hydrogen) atoms. The number of thiophene rings is 1. The lowest BCUT2D eigenvalue weighted by Crippen LogP contribution is -1.96. The smallest absolute Gasteiger partial charge is 0.127 e. The molecule has 0 saturated carbocycles. The van der Waals surface area contributed by atoms with Crippen molar-refractivity contribution in [1.82, 2.24) is 0 Å². The van der Waals surface area contributed by atoms with E-state index in [0.29, 0.717) is 0 Å². The molecule has 0 N–H and O–H groups in total. The Bertz CT molecular complexity index is 459. The number of aryl methyl sites for hydroxylation is 1. The minimum Gasteiger partial charge on any atom is -0.493 e. The number of benzene rings is 1. The summed E-state index contributed by atoms with van der Waals surface area (Å²) in [5.41, 5.74) is 1.20. The molecule has 1 nitrogen and oxygen atoms in total. The van der Waals surface area contributed by atoms with Crippen LogP contribution in [0.25, 0.3) is 10.4 Å². The highest BCUT2D eigenvalue weighted by molar-refractivity contribution is 7.15. The van der Waals surface area contributed by atoms with Crippen molar-refractivity contribution in [2.45, 2.75) is 20.3 Å². The van der Waals surface area contributed by atoms with Gasteiger partial charge in [-0.05, 0) is 37.6 Å². The van der Waals surface area contributed by atoms with Crippen molar-refractivity contribution in [2.75, 3.05) is 6.61 Å². The molecule has 0 aliphatic rings. The summed E-state index contributed by atoms with van der Waals surface area (Å²) >= 11 is 1.81. The average Bonchev–Trinajstić information content (AvgIpc) is 2.73. The third-order valence-electron chi connectivity index (χ3n) is 2.35. The molecular formula is C14H16OS. The minimum atomic E-state index is 0.779. The summed E-state index contributed by atoms with van der Waals surface area (Å²) in [6.07, 6.45) is 1.04. The Balaban J connectivity index is 2.32. The van der Waals surface area contributed by atoms with Gasteiger partial charge in [0.2, 0.25) is 0 Å². The van der Waals surface area contributed by atoms with Crippen molar-refractivity contribution >= 4 is 11.3 Å². The first-order valence-electron chi connectivity index (χ1n) is 5.60. The summed E-state index contributed by atoms with van der Waals surface area (Å²) in [7, 11) is 0. The first kappa shape index (κ1) is 11.2. The van der Waals surface area contributed by atoms with Crippen molar-refractivity contribution in [2.24, 2.45) is 0 Å². The molecule has 1 aromatic heterocycles. The van der Waals surface area contributed by atoms with Gasteiger partial charge in [-0.15, -0.1) is 11.3 Å². The number of rotatable bonds is 4. The number of para-hydroxylation sites is 1. The van der Waals surface area contributed by atoms with Crippen LogP contribution < -0.4 is 4.74 Å². The van der Waals surface area contributed by atoms with Gasteiger partial charge in [-0.2, -0.15) is 0 Å². The van der Waals surface area contributed by atoms with E-state index in [9.17, 15) is 0 Å². The molecule has 0 atom stereocenters. The molecule has 2 heteroatoms. The van der Waals surface area contributed by atoms with Gasteiger partial charge in [0.05, 0.1) is 6.61 Å². The summed E-state index contributed by atoms with van der Waals surface area (Å²) < 4.78 is 5.76. The Morgan fingerprint density at radius 2 is 1.94 bits per heavy atom. The van der Waals surface area contributed by atoms with E-state index in [1.54, 1.807) is 0 Å². The van der Waals surface area contributed by atoms with E-state index in [2.05, 4.69) is 38.1 Å². The molecule has 0 unspecified atom stereocenters. The molecule has 0 spiro atoms. The molecule has 2 aromatic rings. The predicted octanol–water partition coefficient (Wildman–Crippen LogP) is 4.51. The normalized spacial score (nSPS) is 10.4. The van der Waals surface area contributed by atoms with Crippen LogP contribution in [0.5, 0.6) is 5.75 Å². The molecule has 2 rings (SSSR count). The van der Waals surface area contributed by atoms with Crippen molar-refractivity contribution in [3.63, 3.8) is 0 Å². The van der Waals surface area contributed by atoms with Crippen molar-refractivity contribution < 1.29 is 4.74 Å². The van der Waals surface area contributed by atoms with Crippen LogP contribution in [0.4, 0.5) is 0 Å². The third kappa shape index (κ3) is 2.45. The highest BCUT2D eigenvalue weighted by atomic mass is 32.1. The molecule has 0 fully saturated rings. The summed E-state index contributed by atoms with van der Waals surface area (Å²) in [6, 6.07) is 12.6. The summed E-state index contributed by atoms with van der Waals surface area (Å²) in [5, 5.41) is 0. The van der Waals surface area contributed by atoms with Gasteiger partial charge in [-0.25, -0.2) is 0 Å². The molecule has 84 valence electrons. The fourth-order valence-corrected chi connectivity index (χ4v) is 2.49. The van der Waals surface area contributed by atoms with Crippen LogP contribution in [-0.4, -0.2) is 6.61 Å². The zero-order valence-corrected chi connectivity index (χ0v) is 10.5. The Morgan fingerprint density at radius 3 is 2.62 bits per heavy atom. The van der Waals surface area contributed by atoms with E-state index < -0.39 is 0 Å². The summed E-state index contributed by atoms with van der Waals surface area (Å²) in [6.45, 7) is 5.03. The first-order chi connectivity index (χ1) is 7.81. The number of ether oxygens (including phenoxy) is 1. The second-order valence-corrected chi connectivity index (χ2v) is 5.04. The quantitative estimate of drug-likeness (QED) is 0.753. The second kappa shape index (κ2) is 5.17. The minimum absolute atomic E-state index is 0.779. The van der Waals surface area contributed by atoms with Gasteiger partial charge in [0.25, 0.3) is 0 Å². The van der Waals surface area contributed by atoms with Gasteiger partial charge in [0.15, 0.2) is 0 Å². The van der Waals surface area contributed by atoms with Gasteiger partial charge in [0, 0.05) is 15.3 Å². The lowest BCUT2D eigenvalue weighted by atomic mass is 10.1. The van der Waals surface area contributed by atoms with E-state index in [0.717, 1.165) is 18.8 Å².